The summed E-state index contributed by atoms with van der Waals surface area (Å²) in [5.74, 6) is 0.804. The van der Waals surface area contributed by atoms with Crippen molar-refractivity contribution < 1.29 is 0 Å². The summed E-state index contributed by atoms with van der Waals surface area (Å²) in [4.78, 5) is 4.55. The van der Waals surface area contributed by atoms with E-state index < -0.39 is 0 Å². The number of halogens is 1. The van der Waals surface area contributed by atoms with E-state index in [1.807, 2.05) is 37.7 Å². The van der Waals surface area contributed by atoms with Crippen LogP contribution in [0.15, 0.2) is 12.1 Å². The molecule has 0 atom stereocenters. The zero-order valence-corrected chi connectivity index (χ0v) is 11.8. The molecule has 2 rings (SSSR count). The summed E-state index contributed by atoms with van der Waals surface area (Å²) >= 11 is 6.11. The number of nitrogens with zero attached hydrogens (tertiary/aromatic N) is 3. The van der Waals surface area contributed by atoms with Crippen molar-refractivity contribution in [2.75, 3.05) is 7.05 Å². The minimum atomic E-state index is 0.644. The van der Waals surface area contributed by atoms with Gasteiger partial charge in [0.05, 0.1) is 16.4 Å². The maximum atomic E-state index is 6.11. The summed E-state index contributed by atoms with van der Waals surface area (Å²) in [5, 5.41) is 8.23. The van der Waals surface area contributed by atoms with Crippen LogP contribution in [0.3, 0.4) is 0 Å². The van der Waals surface area contributed by atoms with Gasteiger partial charge in [-0.3, -0.25) is 0 Å². The molecule has 0 saturated heterocycles. The highest BCUT2D eigenvalue weighted by Crippen LogP contribution is 2.19. The van der Waals surface area contributed by atoms with Gasteiger partial charge < -0.3 is 5.32 Å². The molecule has 2 heterocycles. The zero-order chi connectivity index (χ0) is 13.3. The molecule has 4 nitrogen and oxygen atoms in total. The lowest BCUT2D eigenvalue weighted by atomic mass is 10.2. The Labute approximate surface area is 112 Å². The first-order valence-corrected chi connectivity index (χ1v) is 6.25. The van der Waals surface area contributed by atoms with Crippen molar-refractivity contribution in [1.29, 1.82) is 0 Å². The Morgan fingerprint density at radius 1 is 1.28 bits per heavy atom. The van der Waals surface area contributed by atoms with Gasteiger partial charge in [0.1, 0.15) is 0 Å². The van der Waals surface area contributed by atoms with Crippen molar-refractivity contribution in [2.45, 2.75) is 27.3 Å². The molecule has 0 bridgehead atoms. The van der Waals surface area contributed by atoms with E-state index in [9.17, 15) is 0 Å². The molecule has 2 aromatic rings. The van der Waals surface area contributed by atoms with Crippen LogP contribution in [-0.4, -0.2) is 21.8 Å². The lowest BCUT2D eigenvalue weighted by Gasteiger charge is -2.08. The molecule has 0 amide bonds. The lowest BCUT2D eigenvalue weighted by Crippen LogP contribution is -2.10. The van der Waals surface area contributed by atoms with Crippen molar-refractivity contribution in [1.82, 2.24) is 20.1 Å². The molecule has 18 heavy (non-hydrogen) atoms. The maximum absolute atomic E-state index is 6.11. The molecule has 0 saturated carbocycles. The molecule has 2 aromatic heterocycles. The molecule has 0 radical (unpaired) electrons. The highest BCUT2D eigenvalue weighted by Gasteiger charge is 2.11. The SMILES string of the molecule is CNCc1nc(-n2nc(C)c(C)c2C)ccc1Cl. The van der Waals surface area contributed by atoms with E-state index >= 15 is 0 Å². The van der Waals surface area contributed by atoms with Gasteiger partial charge in [-0.15, -0.1) is 0 Å². The highest BCUT2D eigenvalue weighted by atomic mass is 35.5. The molecule has 0 aliphatic rings. The van der Waals surface area contributed by atoms with Gasteiger partial charge in [0.25, 0.3) is 0 Å². The van der Waals surface area contributed by atoms with E-state index in [1.165, 1.54) is 5.56 Å². The summed E-state index contributed by atoms with van der Waals surface area (Å²) in [6.45, 7) is 6.76. The van der Waals surface area contributed by atoms with Crippen LogP contribution in [0.4, 0.5) is 0 Å². The van der Waals surface area contributed by atoms with Crippen molar-refractivity contribution >= 4 is 11.6 Å². The number of hydrogen-bond acceptors (Lipinski definition) is 3. The van der Waals surface area contributed by atoms with Crippen LogP contribution in [0.2, 0.25) is 5.02 Å². The van der Waals surface area contributed by atoms with E-state index in [2.05, 4.69) is 22.3 Å². The monoisotopic (exact) mass is 264 g/mol. The Morgan fingerprint density at radius 2 is 2.00 bits per heavy atom. The predicted octanol–water partition coefficient (Wildman–Crippen LogP) is 2.57. The third-order valence-electron chi connectivity index (χ3n) is 3.12. The summed E-state index contributed by atoms with van der Waals surface area (Å²) in [6.07, 6.45) is 0. The summed E-state index contributed by atoms with van der Waals surface area (Å²) < 4.78 is 1.86. The maximum Gasteiger partial charge on any atom is 0.154 e. The molecular formula is C13H17ClN4. The fourth-order valence-electron chi connectivity index (χ4n) is 1.83. The van der Waals surface area contributed by atoms with E-state index in [0.717, 1.165) is 22.9 Å². The first kappa shape index (κ1) is 13.1. The van der Waals surface area contributed by atoms with Gasteiger partial charge >= 0.3 is 0 Å². The van der Waals surface area contributed by atoms with Crippen molar-refractivity contribution in [3.8, 4) is 5.82 Å². The Bertz CT molecular complexity index is 575. The van der Waals surface area contributed by atoms with Gasteiger partial charge in [0.15, 0.2) is 5.82 Å². The van der Waals surface area contributed by atoms with Crippen LogP contribution in [0, 0.1) is 20.8 Å². The van der Waals surface area contributed by atoms with Crippen LogP contribution < -0.4 is 5.32 Å². The summed E-state index contributed by atoms with van der Waals surface area (Å²) in [6, 6.07) is 3.75. The third kappa shape index (κ3) is 2.26. The second-order valence-corrected chi connectivity index (χ2v) is 4.74. The molecular weight excluding hydrogens is 248 g/mol. The number of pyridine rings is 1. The average Bonchev–Trinajstić information content (AvgIpc) is 2.60. The number of rotatable bonds is 3. The predicted molar refractivity (Wildman–Crippen MR) is 73.3 cm³/mol. The molecule has 0 aliphatic carbocycles. The molecule has 0 spiro atoms. The number of aryl methyl sites for hydroxylation is 1. The fraction of sp³-hybridized carbons (Fsp3) is 0.385. The summed E-state index contributed by atoms with van der Waals surface area (Å²) in [5.41, 5.74) is 4.17. The van der Waals surface area contributed by atoms with E-state index in [-0.39, 0.29) is 0 Å². The van der Waals surface area contributed by atoms with Crippen LogP contribution in [-0.2, 0) is 6.54 Å². The first-order chi connectivity index (χ1) is 8.54. The van der Waals surface area contributed by atoms with Gasteiger partial charge in [-0.1, -0.05) is 11.6 Å². The summed E-state index contributed by atoms with van der Waals surface area (Å²) in [7, 11) is 1.87. The van der Waals surface area contributed by atoms with Crippen LogP contribution in [0.5, 0.6) is 0 Å². The fourth-order valence-corrected chi connectivity index (χ4v) is 2.00. The topological polar surface area (TPSA) is 42.7 Å². The van der Waals surface area contributed by atoms with E-state index in [4.69, 9.17) is 11.6 Å². The van der Waals surface area contributed by atoms with Crippen molar-refractivity contribution in [3.05, 3.63) is 39.8 Å². The minimum absolute atomic E-state index is 0.644. The van der Waals surface area contributed by atoms with Crippen molar-refractivity contribution in [2.24, 2.45) is 0 Å². The van der Waals surface area contributed by atoms with Crippen LogP contribution >= 0.6 is 11.6 Å². The van der Waals surface area contributed by atoms with Gasteiger partial charge in [-0.25, -0.2) is 9.67 Å². The second-order valence-electron chi connectivity index (χ2n) is 4.34. The van der Waals surface area contributed by atoms with Crippen molar-refractivity contribution in [3.63, 3.8) is 0 Å². The molecule has 0 aliphatic heterocycles. The van der Waals surface area contributed by atoms with Gasteiger partial charge in [0, 0.05) is 12.2 Å². The zero-order valence-electron chi connectivity index (χ0n) is 11.1. The lowest BCUT2D eigenvalue weighted by molar-refractivity contribution is 0.758. The number of aromatic nitrogens is 3. The molecule has 5 heteroatoms. The third-order valence-corrected chi connectivity index (χ3v) is 3.46. The second kappa shape index (κ2) is 5.08. The Balaban J connectivity index is 2.50. The molecule has 96 valence electrons. The number of hydrogen-bond donors (Lipinski definition) is 1. The molecule has 0 fully saturated rings. The van der Waals surface area contributed by atoms with Gasteiger partial charge in [-0.05, 0) is 45.5 Å². The molecule has 1 N–H and O–H groups in total. The Hall–Kier alpha value is -1.39. The molecule has 0 aromatic carbocycles. The van der Waals surface area contributed by atoms with Crippen LogP contribution in [0.1, 0.15) is 22.6 Å². The normalized spacial score (nSPS) is 10.9. The average molecular weight is 265 g/mol. The van der Waals surface area contributed by atoms with Crippen LogP contribution in [0.25, 0.3) is 5.82 Å². The quantitative estimate of drug-likeness (QED) is 0.927. The smallest absolute Gasteiger partial charge is 0.154 e. The van der Waals surface area contributed by atoms with Gasteiger partial charge in [-0.2, -0.15) is 5.10 Å². The van der Waals surface area contributed by atoms with Gasteiger partial charge in [0.2, 0.25) is 0 Å². The highest BCUT2D eigenvalue weighted by molar-refractivity contribution is 6.31. The van der Waals surface area contributed by atoms with E-state index in [1.54, 1.807) is 0 Å². The standard InChI is InChI=1S/C13H17ClN4/c1-8-9(2)17-18(10(8)3)13-6-5-11(14)12(16-13)7-15-4/h5-6,15H,7H2,1-4H3. The first-order valence-electron chi connectivity index (χ1n) is 5.87. The van der Waals surface area contributed by atoms with E-state index in [0.29, 0.717) is 11.6 Å². The Kier molecular flexibility index (Phi) is 3.68. The molecule has 0 unspecified atom stereocenters. The largest absolute Gasteiger partial charge is 0.314 e. The minimum Gasteiger partial charge on any atom is -0.314 e. The number of nitrogens with one attached hydrogen (secondary N) is 1. The Morgan fingerprint density at radius 3 is 2.56 bits per heavy atom.